The number of halogens is 1. The first-order valence-corrected chi connectivity index (χ1v) is 12.1. The van der Waals surface area contributed by atoms with E-state index in [4.69, 9.17) is 0 Å². The summed E-state index contributed by atoms with van der Waals surface area (Å²) in [6.07, 6.45) is 3.89. The Bertz CT molecular complexity index is 870. The molecule has 2 aromatic heterocycles. The van der Waals surface area contributed by atoms with Crippen molar-refractivity contribution >= 4 is 51.3 Å². The number of aromatic nitrogens is 1. The zero-order valence-electron chi connectivity index (χ0n) is 17.0. The molecule has 1 aliphatic rings. The smallest absolute Gasteiger partial charge is 0.250 e. The van der Waals surface area contributed by atoms with Crippen LogP contribution in [0.2, 0.25) is 0 Å². The van der Waals surface area contributed by atoms with Gasteiger partial charge in [-0.1, -0.05) is 12.1 Å². The van der Waals surface area contributed by atoms with Crippen LogP contribution in [0.15, 0.2) is 51.1 Å². The van der Waals surface area contributed by atoms with E-state index >= 15 is 0 Å². The van der Waals surface area contributed by atoms with E-state index in [0.29, 0.717) is 29.3 Å². The average Bonchev–Trinajstić information content (AvgIpc) is 3.28. The maximum atomic E-state index is 12.1. The molecule has 0 bridgehead atoms. The summed E-state index contributed by atoms with van der Waals surface area (Å²) in [6.45, 7) is 3.65. The van der Waals surface area contributed by atoms with Gasteiger partial charge in [-0.25, -0.2) is 13.1 Å². The summed E-state index contributed by atoms with van der Waals surface area (Å²) in [5, 5.41) is 8.36. The minimum absolute atomic E-state index is 0. The van der Waals surface area contributed by atoms with Crippen LogP contribution in [0.25, 0.3) is 0 Å². The summed E-state index contributed by atoms with van der Waals surface area (Å²) in [5.74, 6) is 0.698. The van der Waals surface area contributed by atoms with Crippen molar-refractivity contribution in [1.82, 2.24) is 25.2 Å². The lowest BCUT2D eigenvalue weighted by molar-refractivity contribution is 0.196. The van der Waals surface area contributed by atoms with Crippen molar-refractivity contribution in [3.63, 3.8) is 0 Å². The number of nitrogens with zero attached hydrogens (tertiary/aromatic N) is 3. The third-order valence-electron chi connectivity index (χ3n) is 4.73. The number of rotatable bonds is 8. The fourth-order valence-corrected chi connectivity index (χ4v) is 5.27. The lowest BCUT2D eigenvalue weighted by atomic mass is 10.1. The van der Waals surface area contributed by atoms with E-state index in [1.165, 1.54) is 11.3 Å². The molecule has 0 radical (unpaired) electrons. The fourth-order valence-electron chi connectivity index (χ4n) is 3.20. The minimum Gasteiger partial charge on any atom is -0.355 e. The van der Waals surface area contributed by atoms with Gasteiger partial charge in [0.15, 0.2) is 5.96 Å². The van der Waals surface area contributed by atoms with Crippen molar-refractivity contribution in [1.29, 1.82) is 0 Å². The third-order valence-corrected chi connectivity index (χ3v) is 7.59. The van der Waals surface area contributed by atoms with Crippen LogP contribution in [0.1, 0.15) is 18.5 Å². The standard InChI is InChI=1S/C19H28N6O2S2.HI/c1-20-19(22-10-11-23-29(26,27)18-6-4-14-28-18)24-16-7-12-25(13-8-16)15-17-5-2-3-9-21-17;/h2-6,9,14,16,23H,7-8,10-13,15H2,1H3,(H2,20,22,24);1H. The second-order valence-electron chi connectivity index (χ2n) is 6.84. The molecule has 3 N–H and O–H groups in total. The molecule has 0 saturated carbocycles. The number of thiophene rings is 1. The zero-order chi connectivity index (χ0) is 20.5. The summed E-state index contributed by atoms with van der Waals surface area (Å²) in [4.78, 5) is 11.1. The van der Waals surface area contributed by atoms with Gasteiger partial charge in [0.2, 0.25) is 10.0 Å². The molecule has 3 heterocycles. The fraction of sp³-hybridized carbons (Fsp3) is 0.474. The average molecular weight is 565 g/mol. The molecule has 0 unspecified atom stereocenters. The predicted molar refractivity (Wildman–Crippen MR) is 132 cm³/mol. The molecule has 0 atom stereocenters. The lowest BCUT2D eigenvalue weighted by Gasteiger charge is -2.32. The first-order valence-electron chi connectivity index (χ1n) is 9.69. The van der Waals surface area contributed by atoms with Crippen molar-refractivity contribution in [2.75, 3.05) is 33.2 Å². The van der Waals surface area contributed by atoms with Gasteiger partial charge in [-0.05, 0) is 36.4 Å². The molecular formula is C19H29IN6O2S2. The Balaban J connectivity index is 0.00000320. The Morgan fingerprint density at radius 1 is 1.23 bits per heavy atom. The molecule has 1 saturated heterocycles. The highest BCUT2D eigenvalue weighted by atomic mass is 127. The second kappa shape index (κ2) is 12.5. The van der Waals surface area contributed by atoms with Crippen molar-refractivity contribution in [3.05, 3.63) is 47.6 Å². The van der Waals surface area contributed by atoms with Crippen LogP contribution < -0.4 is 15.4 Å². The van der Waals surface area contributed by atoms with Gasteiger partial charge in [0, 0.05) is 52.0 Å². The van der Waals surface area contributed by atoms with Gasteiger partial charge in [0.05, 0.1) is 5.69 Å². The number of likely N-dealkylation sites (tertiary alicyclic amines) is 1. The molecule has 1 fully saturated rings. The van der Waals surface area contributed by atoms with Crippen LogP contribution in [-0.2, 0) is 16.6 Å². The highest BCUT2D eigenvalue weighted by Gasteiger charge is 2.20. The van der Waals surface area contributed by atoms with E-state index in [1.807, 2.05) is 18.3 Å². The number of pyridine rings is 1. The molecule has 30 heavy (non-hydrogen) atoms. The Morgan fingerprint density at radius 3 is 2.67 bits per heavy atom. The molecule has 0 amide bonds. The van der Waals surface area contributed by atoms with Crippen molar-refractivity contribution < 1.29 is 8.42 Å². The van der Waals surface area contributed by atoms with Crippen molar-refractivity contribution in [2.45, 2.75) is 29.6 Å². The summed E-state index contributed by atoms with van der Waals surface area (Å²) >= 11 is 1.21. The summed E-state index contributed by atoms with van der Waals surface area (Å²) in [5.41, 5.74) is 1.10. The van der Waals surface area contributed by atoms with Crippen LogP contribution in [0.3, 0.4) is 0 Å². The number of nitrogens with one attached hydrogen (secondary N) is 3. The van der Waals surface area contributed by atoms with Crippen molar-refractivity contribution in [2.24, 2.45) is 4.99 Å². The lowest BCUT2D eigenvalue weighted by Crippen LogP contribution is -2.49. The van der Waals surface area contributed by atoms with E-state index in [0.717, 1.165) is 38.2 Å². The normalized spacial score (nSPS) is 16.1. The van der Waals surface area contributed by atoms with Crippen LogP contribution in [0, 0.1) is 0 Å². The zero-order valence-corrected chi connectivity index (χ0v) is 20.9. The van der Waals surface area contributed by atoms with E-state index in [2.05, 4.69) is 36.3 Å². The van der Waals surface area contributed by atoms with Crippen LogP contribution in [-0.4, -0.2) is 63.5 Å². The number of hydrogen-bond donors (Lipinski definition) is 3. The third kappa shape index (κ3) is 7.76. The van der Waals surface area contributed by atoms with Gasteiger partial charge in [-0.2, -0.15) is 0 Å². The van der Waals surface area contributed by atoms with Crippen molar-refractivity contribution in [3.8, 4) is 0 Å². The molecule has 8 nitrogen and oxygen atoms in total. The predicted octanol–water partition coefficient (Wildman–Crippen LogP) is 1.87. The first kappa shape index (κ1) is 25.0. The topological polar surface area (TPSA) is 98.7 Å². The summed E-state index contributed by atoms with van der Waals surface area (Å²) in [6, 6.07) is 9.69. The summed E-state index contributed by atoms with van der Waals surface area (Å²) in [7, 11) is -1.70. The minimum atomic E-state index is -3.42. The molecule has 1 aliphatic heterocycles. The van der Waals surface area contributed by atoms with Gasteiger partial charge < -0.3 is 10.6 Å². The Hall–Kier alpha value is -1.28. The molecule has 0 aliphatic carbocycles. The quantitative estimate of drug-likeness (QED) is 0.196. The highest BCUT2D eigenvalue weighted by molar-refractivity contribution is 14.0. The number of guanidine groups is 1. The molecule has 0 aromatic carbocycles. The number of hydrogen-bond acceptors (Lipinski definition) is 6. The Morgan fingerprint density at radius 2 is 2.03 bits per heavy atom. The molecular weight excluding hydrogens is 535 g/mol. The number of sulfonamides is 1. The van der Waals surface area contributed by atoms with Gasteiger partial charge in [0.25, 0.3) is 0 Å². The monoisotopic (exact) mass is 564 g/mol. The largest absolute Gasteiger partial charge is 0.355 e. The molecule has 11 heteroatoms. The number of piperidine rings is 1. The highest BCUT2D eigenvalue weighted by Crippen LogP contribution is 2.15. The molecule has 3 rings (SSSR count). The Labute approximate surface area is 199 Å². The maximum absolute atomic E-state index is 12.1. The molecule has 166 valence electrons. The Kier molecular flexibility index (Phi) is 10.4. The van der Waals surface area contributed by atoms with Gasteiger partial charge in [-0.3, -0.25) is 14.9 Å². The van der Waals surface area contributed by atoms with Crippen LogP contribution in [0.4, 0.5) is 0 Å². The SMILES string of the molecule is CN=C(NCCNS(=O)(=O)c1cccs1)NC1CCN(Cc2ccccn2)CC1.I. The summed E-state index contributed by atoms with van der Waals surface area (Å²) < 4.78 is 27.1. The first-order chi connectivity index (χ1) is 14.1. The van der Waals surface area contributed by atoms with E-state index in [1.54, 1.807) is 24.6 Å². The molecule has 2 aromatic rings. The van der Waals surface area contributed by atoms with Crippen LogP contribution >= 0.6 is 35.3 Å². The van der Waals surface area contributed by atoms with Gasteiger partial charge in [-0.15, -0.1) is 35.3 Å². The number of aliphatic imine (C=N–C) groups is 1. The second-order valence-corrected chi connectivity index (χ2v) is 9.79. The van der Waals surface area contributed by atoms with Gasteiger partial charge >= 0.3 is 0 Å². The van der Waals surface area contributed by atoms with Crippen LogP contribution in [0.5, 0.6) is 0 Å². The molecule has 0 spiro atoms. The van der Waals surface area contributed by atoms with E-state index in [-0.39, 0.29) is 24.0 Å². The van der Waals surface area contributed by atoms with E-state index in [9.17, 15) is 8.42 Å². The van der Waals surface area contributed by atoms with E-state index < -0.39 is 10.0 Å². The maximum Gasteiger partial charge on any atom is 0.250 e. The van der Waals surface area contributed by atoms with Gasteiger partial charge in [0.1, 0.15) is 4.21 Å².